The fourth-order valence-corrected chi connectivity index (χ4v) is 2.46. The predicted molar refractivity (Wildman–Crippen MR) is 73.1 cm³/mol. The topological polar surface area (TPSA) is 29.5 Å². The molecule has 1 heterocycles. The molecule has 0 aliphatic rings. The van der Waals surface area contributed by atoms with Crippen LogP contribution in [-0.2, 0) is 6.54 Å². The lowest BCUT2D eigenvalue weighted by Crippen LogP contribution is -2.25. The van der Waals surface area contributed by atoms with Crippen LogP contribution in [0.4, 0.5) is 4.39 Å². The van der Waals surface area contributed by atoms with E-state index in [2.05, 4.69) is 0 Å². The number of carbonyl (C=O) groups excluding carboxylic acids is 1. The quantitative estimate of drug-likeness (QED) is 0.860. The van der Waals surface area contributed by atoms with Gasteiger partial charge in [-0.15, -0.1) is 11.3 Å². The Balaban J connectivity index is 2.08. The number of methoxy groups -OCH3 is 1. The summed E-state index contributed by atoms with van der Waals surface area (Å²) in [5.74, 6) is -0.279. The van der Waals surface area contributed by atoms with E-state index < -0.39 is 5.82 Å². The van der Waals surface area contributed by atoms with Crippen LogP contribution in [-0.4, -0.2) is 25.0 Å². The van der Waals surface area contributed by atoms with Gasteiger partial charge in [-0.25, -0.2) is 4.39 Å². The van der Waals surface area contributed by atoms with Gasteiger partial charge in [0.05, 0.1) is 12.0 Å². The van der Waals surface area contributed by atoms with Gasteiger partial charge in [-0.1, -0.05) is 12.1 Å². The van der Waals surface area contributed by atoms with Crippen LogP contribution in [0.1, 0.15) is 15.2 Å². The minimum absolute atomic E-state index is 0.0637. The molecule has 0 saturated heterocycles. The van der Waals surface area contributed by atoms with Gasteiger partial charge in [0.15, 0.2) is 11.6 Å². The van der Waals surface area contributed by atoms with Crippen molar-refractivity contribution in [2.24, 2.45) is 0 Å². The average Bonchev–Trinajstić information content (AvgIpc) is 2.92. The third kappa shape index (κ3) is 3.12. The largest absolute Gasteiger partial charge is 0.494 e. The Morgan fingerprint density at radius 3 is 2.79 bits per heavy atom. The molecule has 0 bridgehead atoms. The lowest BCUT2D eigenvalue weighted by atomic mass is 10.2. The molecule has 0 radical (unpaired) electrons. The number of nitrogens with zero attached hydrogens (tertiary/aromatic N) is 1. The normalized spacial score (nSPS) is 10.3. The number of halogens is 1. The van der Waals surface area contributed by atoms with E-state index in [9.17, 15) is 9.18 Å². The van der Waals surface area contributed by atoms with Crippen LogP contribution in [0.2, 0.25) is 0 Å². The molecule has 100 valence electrons. The zero-order valence-electron chi connectivity index (χ0n) is 10.7. The summed E-state index contributed by atoms with van der Waals surface area (Å²) in [5, 5.41) is 1.86. The minimum Gasteiger partial charge on any atom is -0.494 e. The zero-order chi connectivity index (χ0) is 13.8. The SMILES string of the molecule is COc1ccc(CN(C)C(=O)c2cccs2)cc1F. The summed E-state index contributed by atoms with van der Waals surface area (Å²) in [5.41, 5.74) is 0.728. The Hall–Kier alpha value is -1.88. The second-order valence-electron chi connectivity index (χ2n) is 4.11. The molecular weight excluding hydrogens is 265 g/mol. The van der Waals surface area contributed by atoms with E-state index in [1.54, 1.807) is 30.1 Å². The fraction of sp³-hybridized carbons (Fsp3) is 0.214. The molecule has 1 aromatic heterocycles. The first kappa shape index (κ1) is 13.5. The number of thiophene rings is 1. The molecular formula is C14H14FNO2S. The molecule has 3 nitrogen and oxygen atoms in total. The van der Waals surface area contributed by atoms with Crippen LogP contribution in [0.25, 0.3) is 0 Å². The Labute approximate surface area is 115 Å². The summed E-state index contributed by atoms with van der Waals surface area (Å²) < 4.78 is 18.4. The van der Waals surface area contributed by atoms with E-state index in [1.165, 1.54) is 24.5 Å². The van der Waals surface area contributed by atoms with Gasteiger partial charge in [-0.05, 0) is 29.1 Å². The first-order valence-electron chi connectivity index (χ1n) is 5.73. The number of carbonyl (C=O) groups is 1. The number of rotatable bonds is 4. The van der Waals surface area contributed by atoms with E-state index >= 15 is 0 Å². The lowest BCUT2D eigenvalue weighted by molar-refractivity contribution is 0.0789. The van der Waals surface area contributed by atoms with Crippen LogP contribution in [0.3, 0.4) is 0 Å². The molecule has 2 aromatic rings. The summed E-state index contributed by atoms with van der Waals surface area (Å²) in [7, 11) is 3.12. The number of ether oxygens (including phenoxy) is 1. The van der Waals surface area contributed by atoms with Gasteiger partial charge >= 0.3 is 0 Å². The lowest BCUT2D eigenvalue weighted by Gasteiger charge is -2.16. The molecule has 0 saturated carbocycles. The van der Waals surface area contributed by atoms with Crippen molar-refractivity contribution in [2.45, 2.75) is 6.54 Å². The zero-order valence-corrected chi connectivity index (χ0v) is 11.5. The maximum Gasteiger partial charge on any atom is 0.263 e. The molecule has 1 aromatic carbocycles. The van der Waals surface area contributed by atoms with Crippen LogP contribution < -0.4 is 4.74 Å². The first-order valence-corrected chi connectivity index (χ1v) is 6.61. The number of hydrogen-bond donors (Lipinski definition) is 0. The highest BCUT2D eigenvalue weighted by Gasteiger charge is 2.13. The highest BCUT2D eigenvalue weighted by Crippen LogP contribution is 2.19. The standard InChI is InChI=1S/C14H14FNO2S/c1-16(14(17)13-4-3-7-19-13)9-10-5-6-12(18-2)11(15)8-10/h3-8H,9H2,1-2H3. The third-order valence-electron chi connectivity index (χ3n) is 2.71. The maximum absolute atomic E-state index is 13.5. The highest BCUT2D eigenvalue weighted by molar-refractivity contribution is 7.12. The maximum atomic E-state index is 13.5. The first-order chi connectivity index (χ1) is 9.11. The molecule has 0 N–H and O–H groups in total. The molecule has 0 atom stereocenters. The van der Waals surface area contributed by atoms with E-state index in [0.717, 1.165) is 5.56 Å². The van der Waals surface area contributed by atoms with Crippen molar-refractivity contribution in [3.8, 4) is 5.75 Å². The van der Waals surface area contributed by atoms with Gasteiger partial charge in [-0.3, -0.25) is 4.79 Å². The summed E-state index contributed by atoms with van der Waals surface area (Å²) in [6.45, 7) is 0.359. The Bertz CT molecular complexity index is 569. The molecule has 0 unspecified atom stereocenters. The van der Waals surface area contributed by atoms with Crippen LogP contribution in [0.15, 0.2) is 35.7 Å². The van der Waals surface area contributed by atoms with E-state index in [-0.39, 0.29) is 11.7 Å². The van der Waals surface area contributed by atoms with Gasteiger partial charge in [0.2, 0.25) is 0 Å². The van der Waals surface area contributed by atoms with Gasteiger partial charge in [0.1, 0.15) is 0 Å². The van der Waals surface area contributed by atoms with Crippen molar-refractivity contribution in [3.63, 3.8) is 0 Å². The van der Waals surface area contributed by atoms with Gasteiger partial charge in [0, 0.05) is 13.6 Å². The van der Waals surface area contributed by atoms with E-state index in [4.69, 9.17) is 4.74 Å². The second kappa shape index (κ2) is 5.84. The van der Waals surface area contributed by atoms with Crippen molar-refractivity contribution >= 4 is 17.2 Å². The van der Waals surface area contributed by atoms with Gasteiger partial charge in [-0.2, -0.15) is 0 Å². The summed E-state index contributed by atoms with van der Waals surface area (Å²) >= 11 is 1.39. The van der Waals surface area contributed by atoms with Crippen molar-refractivity contribution in [1.82, 2.24) is 4.90 Å². The average molecular weight is 279 g/mol. The monoisotopic (exact) mass is 279 g/mol. The van der Waals surface area contributed by atoms with Crippen molar-refractivity contribution in [3.05, 3.63) is 52.0 Å². The Morgan fingerprint density at radius 1 is 1.42 bits per heavy atom. The highest BCUT2D eigenvalue weighted by atomic mass is 32.1. The van der Waals surface area contributed by atoms with Gasteiger partial charge < -0.3 is 9.64 Å². The fourth-order valence-electron chi connectivity index (χ4n) is 1.74. The molecule has 5 heteroatoms. The van der Waals surface area contributed by atoms with E-state index in [0.29, 0.717) is 11.4 Å². The molecule has 0 aliphatic heterocycles. The van der Waals surface area contributed by atoms with E-state index in [1.807, 2.05) is 11.4 Å². The summed E-state index contributed by atoms with van der Waals surface area (Å²) in [6.07, 6.45) is 0. The van der Waals surface area contributed by atoms with Crippen LogP contribution >= 0.6 is 11.3 Å². The molecule has 0 spiro atoms. The van der Waals surface area contributed by atoms with Crippen molar-refractivity contribution in [2.75, 3.05) is 14.2 Å². The van der Waals surface area contributed by atoms with Crippen LogP contribution in [0.5, 0.6) is 5.75 Å². The summed E-state index contributed by atoms with van der Waals surface area (Å²) in [6, 6.07) is 8.31. The minimum atomic E-state index is -0.419. The van der Waals surface area contributed by atoms with Gasteiger partial charge in [0.25, 0.3) is 5.91 Å². The Kier molecular flexibility index (Phi) is 4.16. The van der Waals surface area contributed by atoms with Crippen molar-refractivity contribution < 1.29 is 13.9 Å². The Morgan fingerprint density at radius 2 is 2.21 bits per heavy atom. The van der Waals surface area contributed by atoms with Crippen molar-refractivity contribution in [1.29, 1.82) is 0 Å². The number of amides is 1. The predicted octanol–water partition coefficient (Wildman–Crippen LogP) is 3.17. The molecule has 2 rings (SSSR count). The second-order valence-corrected chi connectivity index (χ2v) is 5.06. The molecule has 0 fully saturated rings. The number of benzene rings is 1. The smallest absolute Gasteiger partial charge is 0.263 e. The third-order valence-corrected chi connectivity index (χ3v) is 3.57. The van der Waals surface area contributed by atoms with Crippen LogP contribution in [0, 0.1) is 5.82 Å². The summed E-state index contributed by atoms with van der Waals surface area (Å²) in [4.78, 5) is 14.3. The molecule has 1 amide bonds. The number of hydrogen-bond acceptors (Lipinski definition) is 3. The molecule has 0 aliphatic carbocycles. The molecule has 19 heavy (non-hydrogen) atoms.